The van der Waals surface area contributed by atoms with Crippen molar-refractivity contribution in [3.63, 3.8) is 0 Å². The molecule has 0 aliphatic heterocycles. The number of halogens is 1. The van der Waals surface area contributed by atoms with E-state index in [2.05, 4.69) is 31.9 Å². The van der Waals surface area contributed by atoms with E-state index >= 15 is 0 Å². The van der Waals surface area contributed by atoms with Crippen molar-refractivity contribution in [2.24, 2.45) is 5.73 Å². The molecule has 152 valence electrons. The van der Waals surface area contributed by atoms with Crippen LogP contribution >= 0.6 is 15.9 Å². The number of nitrogens with one attached hydrogen (secondary N) is 4. The van der Waals surface area contributed by atoms with Gasteiger partial charge in [-0.2, -0.15) is 0 Å². The summed E-state index contributed by atoms with van der Waals surface area (Å²) in [5.41, 5.74) is 6.63. The van der Waals surface area contributed by atoms with E-state index in [0.29, 0.717) is 11.3 Å². The van der Waals surface area contributed by atoms with Crippen LogP contribution in [0, 0.1) is 5.41 Å². The van der Waals surface area contributed by atoms with Crippen molar-refractivity contribution < 1.29 is 19.5 Å². The molecule has 0 radical (unpaired) electrons. The first kappa shape index (κ1) is 21.9. The van der Waals surface area contributed by atoms with Gasteiger partial charge in [-0.1, -0.05) is 34.1 Å². The van der Waals surface area contributed by atoms with Crippen LogP contribution in [0.3, 0.4) is 0 Å². The van der Waals surface area contributed by atoms with E-state index in [0.717, 1.165) is 4.47 Å². The molecule has 10 heteroatoms. The summed E-state index contributed by atoms with van der Waals surface area (Å²) in [7, 11) is 0. The van der Waals surface area contributed by atoms with Crippen LogP contribution in [0.15, 0.2) is 53.0 Å². The van der Waals surface area contributed by atoms with Crippen molar-refractivity contribution in [2.45, 2.75) is 12.5 Å². The summed E-state index contributed by atoms with van der Waals surface area (Å²) in [6, 6.07) is 12.5. The van der Waals surface area contributed by atoms with Crippen molar-refractivity contribution in [3.8, 4) is 0 Å². The van der Waals surface area contributed by atoms with E-state index in [1.54, 1.807) is 42.5 Å². The Hall–Kier alpha value is -3.40. The van der Waals surface area contributed by atoms with Crippen LogP contribution in [0.5, 0.6) is 0 Å². The number of benzene rings is 2. The number of hydrogen-bond donors (Lipinski definition) is 6. The highest BCUT2D eigenvalue weighted by Gasteiger charge is 2.19. The fourth-order valence-electron chi connectivity index (χ4n) is 2.55. The second kappa shape index (κ2) is 10.2. The Kier molecular flexibility index (Phi) is 7.72. The van der Waals surface area contributed by atoms with Crippen LogP contribution in [0.2, 0.25) is 0 Å². The first-order valence-electron chi connectivity index (χ1n) is 8.50. The van der Waals surface area contributed by atoms with E-state index in [-0.39, 0.29) is 24.5 Å². The summed E-state index contributed by atoms with van der Waals surface area (Å²) in [4.78, 5) is 35.7. The minimum atomic E-state index is -1.06. The molecule has 29 heavy (non-hydrogen) atoms. The number of guanidine groups is 1. The Morgan fingerprint density at radius 2 is 1.86 bits per heavy atom. The maximum Gasteiger partial charge on any atom is 0.305 e. The van der Waals surface area contributed by atoms with Crippen molar-refractivity contribution in [1.82, 2.24) is 10.6 Å². The molecule has 1 atom stereocenters. The van der Waals surface area contributed by atoms with Crippen LogP contribution < -0.4 is 21.7 Å². The lowest BCUT2D eigenvalue weighted by Crippen LogP contribution is -2.39. The lowest BCUT2D eigenvalue weighted by atomic mass is 10.0. The number of hydrogen-bond acceptors (Lipinski definition) is 4. The molecule has 0 spiro atoms. The van der Waals surface area contributed by atoms with Gasteiger partial charge in [0.15, 0.2) is 5.96 Å². The van der Waals surface area contributed by atoms with Gasteiger partial charge in [-0.05, 0) is 35.9 Å². The number of carboxylic acids is 1. The van der Waals surface area contributed by atoms with Crippen molar-refractivity contribution >= 4 is 45.4 Å². The van der Waals surface area contributed by atoms with Crippen LogP contribution in [0.4, 0.5) is 5.69 Å². The normalized spacial score (nSPS) is 11.2. The zero-order valence-electron chi connectivity index (χ0n) is 15.2. The Balaban J connectivity index is 1.98. The third-order valence-corrected chi connectivity index (χ3v) is 4.27. The first-order valence-corrected chi connectivity index (χ1v) is 9.30. The standard InChI is InChI=1S/C19H20BrN5O4/c20-13-5-1-3-11(7-13)15(9-17(27)28)25-16(26)10-23-18(29)12-4-2-6-14(8-12)24-19(21)22/h1-8,15H,9-10H2,(H,23,29)(H,25,26)(H,27,28)(H4,21,22,24). The first-order chi connectivity index (χ1) is 13.7. The number of nitrogens with two attached hydrogens (primary N) is 1. The second-order valence-electron chi connectivity index (χ2n) is 6.08. The molecule has 9 nitrogen and oxygen atoms in total. The Morgan fingerprint density at radius 3 is 2.52 bits per heavy atom. The number of aliphatic carboxylic acids is 1. The Bertz CT molecular complexity index is 934. The van der Waals surface area contributed by atoms with E-state index in [1.165, 1.54) is 6.07 Å². The summed E-state index contributed by atoms with van der Waals surface area (Å²) in [5.74, 6) is -2.35. The number of carboxylic acid groups (broad SMARTS) is 1. The largest absolute Gasteiger partial charge is 0.481 e. The summed E-state index contributed by atoms with van der Waals surface area (Å²) >= 11 is 3.32. The molecule has 0 saturated carbocycles. The number of amides is 2. The lowest BCUT2D eigenvalue weighted by molar-refractivity contribution is -0.137. The third-order valence-electron chi connectivity index (χ3n) is 3.78. The molecule has 0 aliphatic rings. The molecule has 0 heterocycles. The fourth-order valence-corrected chi connectivity index (χ4v) is 2.97. The molecule has 1 unspecified atom stereocenters. The van der Waals surface area contributed by atoms with Crippen LogP contribution in [0.25, 0.3) is 0 Å². The van der Waals surface area contributed by atoms with Gasteiger partial charge in [-0.15, -0.1) is 0 Å². The average molecular weight is 462 g/mol. The minimum Gasteiger partial charge on any atom is -0.481 e. The average Bonchev–Trinajstić information content (AvgIpc) is 2.65. The predicted molar refractivity (Wildman–Crippen MR) is 112 cm³/mol. The summed E-state index contributed by atoms with van der Waals surface area (Å²) < 4.78 is 0.756. The summed E-state index contributed by atoms with van der Waals surface area (Å²) in [6.07, 6.45) is -0.297. The molecule has 2 amide bonds. The number of anilines is 1. The quantitative estimate of drug-likeness (QED) is 0.260. The highest BCUT2D eigenvalue weighted by Crippen LogP contribution is 2.21. The molecule has 0 bridgehead atoms. The zero-order valence-corrected chi connectivity index (χ0v) is 16.8. The van der Waals surface area contributed by atoms with Crippen LogP contribution in [-0.4, -0.2) is 35.4 Å². The van der Waals surface area contributed by atoms with Crippen molar-refractivity contribution in [1.29, 1.82) is 5.41 Å². The molecule has 0 saturated heterocycles. The molecular weight excluding hydrogens is 442 g/mol. The van der Waals surface area contributed by atoms with Crippen LogP contribution in [0.1, 0.15) is 28.4 Å². The van der Waals surface area contributed by atoms with Crippen LogP contribution in [-0.2, 0) is 9.59 Å². The van der Waals surface area contributed by atoms with E-state index in [1.807, 2.05) is 0 Å². The van der Waals surface area contributed by atoms with Gasteiger partial charge < -0.3 is 26.8 Å². The summed E-state index contributed by atoms with van der Waals surface area (Å²) in [5, 5.41) is 24.0. The van der Waals surface area contributed by atoms with Gasteiger partial charge in [0.2, 0.25) is 5.91 Å². The highest BCUT2D eigenvalue weighted by molar-refractivity contribution is 9.10. The number of carbonyl (C=O) groups is 3. The van der Waals surface area contributed by atoms with Crippen molar-refractivity contribution in [2.75, 3.05) is 11.9 Å². The van der Waals surface area contributed by atoms with Gasteiger partial charge in [-0.3, -0.25) is 19.8 Å². The van der Waals surface area contributed by atoms with Crippen molar-refractivity contribution in [3.05, 3.63) is 64.1 Å². The van der Waals surface area contributed by atoms with Gasteiger partial charge in [-0.25, -0.2) is 0 Å². The molecule has 7 N–H and O–H groups in total. The molecule has 0 aromatic heterocycles. The Labute approximate surface area is 175 Å². The Morgan fingerprint density at radius 1 is 1.14 bits per heavy atom. The topological polar surface area (TPSA) is 157 Å². The molecular formula is C19H20BrN5O4. The smallest absolute Gasteiger partial charge is 0.305 e. The van der Waals surface area contributed by atoms with E-state index < -0.39 is 23.8 Å². The predicted octanol–water partition coefficient (Wildman–Crippen LogP) is 1.82. The minimum absolute atomic E-state index is 0.265. The van der Waals surface area contributed by atoms with Gasteiger partial charge in [0.05, 0.1) is 19.0 Å². The second-order valence-corrected chi connectivity index (χ2v) is 6.99. The monoisotopic (exact) mass is 461 g/mol. The molecule has 0 fully saturated rings. The maximum atomic E-state index is 12.3. The third kappa shape index (κ3) is 7.26. The summed E-state index contributed by atoms with van der Waals surface area (Å²) in [6.45, 7) is -0.326. The van der Waals surface area contributed by atoms with E-state index in [4.69, 9.17) is 16.2 Å². The fraction of sp³-hybridized carbons (Fsp3) is 0.158. The maximum absolute atomic E-state index is 12.3. The van der Waals surface area contributed by atoms with Gasteiger partial charge in [0, 0.05) is 15.7 Å². The van der Waals surface area contributed by atoms with Gasteiger partial charge in [0.1, 0.15) is 0 Å². The van der Waals surface area contributed by atoms with E-state index in [9.17, 15) is 14.4 Å². The SMILES string of the molecule is N=C(N)Nc1cccc(C(=O)NCC(=O)NC(CC(=O)O)c2cccc(Br)c2)c1. The molecule has 2 aromatic rings. The number of carbonyl (C=O) groups excluding carboxylic acids is 2. The highest BCUT2D eigenvalue weighted by atomic mass is 79.9. The lowest BCUT2D eigenvalue weighted by Gasteiger charge is -2.18. The zero-order chi connectivity index (χ0) is 21.4. The van der Waals surface area contributed by atoms with Gasteiger partial charge in [0.25, 0.3) is 5.91 Å². The molecule has 0 aliphatic carbocycles. The molecule has 2 aromatic carbocycles. The molecule has 2 rings (SSSR count). The number of rotatable bonds is 8. The van der Waals surface area contributed by atoms with Gasteiger partial charge >= 0.3 is 5.97 Å².